The van der Waals surface area contributed by atoms with Crippen molar-refractivity contribution in [2.75, 3.05) is 32.8 Å². The van der Waals surface area contributed by atoms with Gasteiger partial charge in [-0.3, -0.25) is 33.8 Å². The van der Waals surface area contributed by atoms with Crippen LogP contribution in [0.4, 0.5) is 4.79 Å². The van der Waals surface area contributed by atoms with Crippen LogP contribution in [0, 0.1) is 0 Å². The summed E-state index contributed by atoms with van der Waals surface area (Å²) in [5, 5.41) is 28.6. The SMILES string of the molecule is NCCC[C@H](N)C(=O)NC[C@@H]1NC(=O)C(CO)NC(=O)[C@@H](N)CNC(=O)C(C2CCN=C(N)N2)NC(=O)/C(=C/NC(N)=O)NC1=O. The van der Waals surface area contributed by atoms with Crippen LogP contribution in [0.3, 0.4) is 0 Å². The smallest absolute Gasteiger partial charge is 0.316 e. The molecule has 2 rings (SSSR count). The summed E-state index contributed by atoms with van der Waals surface area (Å²) in [5.41, 5.74) is 27.4. The number of aliphatic hydroxyl groups is 1. The highest BCUT2D eigenvalue weighted by atomic mass is 16.3. The second-order valence-corrected chi connectivity index (χ2v) is 10.3. The molecule has 46 heavy (non-hydrogen) atoms. The van der Waals surface area contributed by atoms with E-state index in [1.165, 1.54) is 0 Å². The van der Waals surface area contributed by atoms with Crippen LogP contribution < -0.4 is 71.2 Å². The maximum absolute atomic E-state index is 13.4. The third kappa shape index (κ3) is 11.5. The van der Waals surface area contributed by atoms with E-state index in [0.717, 1.165) is 6.20 Å². The Hall–Kier alpha value is -5.06. The van der Waals surface area contributed by atoms with Crippen molar-refractivity contribution in [2.24, 2.45) is 33.7 Å². The van der Waals surface area contributed by atoms with Crippen molar-refractivity contribution in [1.82, 2.24) is 42.5 Å². The summed E-state index contributed by atoms with van der Waals surface area (Å²) in [5.74, 6) is -5.78. The average Bonchev–Trinajstić information content (AvgIpc) is 3.02. The van der Waals surface area contributed by atoms with Gasteiger partial charge in [-0.05, 0) is 25.8 Å². The molecule has 0 bridgehead atoms. The number of urea groups is 1. The molecule has 0 aliphatic carbocycles. The van der Waals surface area contributed by atoms with Crippen molar-refractivity contribution in [3.8, 4) is 0 Å². The monoisotopic (exact) mass is 654 g/mol. The Morgan fingerprint density at radius 3 is 2.35 bits per heavy atom. The number of amides is 8. The summed E-state index contributed by atoms with van der Waals surface area (Å²) in [4.78, 5) is 93.7. The molecular formula is C24H42N14O8. The number of aliphatic hydroxyl groups excluding tert-OH is 1. The second kappa shape index (κ2) is 18.0. The number of guanidine groups is 1. The highest BCUT2D eigenvalue weighted by molar-refractivity contribution is 6.02. The van der Waals surface area contributed by atoms with Gasteiger partial charge >= 0.3 is 6.03 Å². The lowest BCUT2D eigenvalue weighted by Crippen LogP contribution is -2.64. The van der Waals surface area contributed by atoms with Gasteiger partial charge in [-0.25, -0.2) is 4.79 Å². The molecule has 256 valence electrons. The number of rotatable bonds is 9. The van der Waals surface area contributed by atoms with Crippen molar-refractivity contribution < 1.29 is 38.7 Å². The van der Waals surface area contributed by atoms with E-state index in [0.29, 0.717) is 6.42 Å². The molecule has 6 atom stereocenters. The van der Waals surface area contributed by atoms with Gasteiger partial charge in [0.05, 0.1) is 18.7 Å². The maximum Gasteiger partial charge on any atom is 0.316 e. The van der Waals surface area contributed by atoms with Gasteiger partial charge in [0.15, 0.2) is 5.96 Å². The van der Waals surface area contributed by atoms with Gasteiger partial charge in [-0.2, -0.15) is 0 Å². The zero-order valence-electron chi connectivity index (χ0n) is 24.8. The van der Waals surface area contributed by atoms with E-state index in [9.17, 15) is 38.7 Å². The van der Waals surface area contributed by atoms with Crippen LogP contribution in [0.1, 0.15) is 19.3 Å². The van der Waals surface area contributed by atoms with Gasteiger partial charge in [0.2, 0.25) is 29.5 Å². The molecule has 2 heterocycles. The average molecular weight is 655 g/mol. The van der Waals surface area contributed by atoms with Crippen LogP contribution in [-0.4, -0.2) is 122 Å². The van der Waals surface area contributed by atoms with Gasteiger partial charge in [0.1, 0.15) is 29.9 Å². The molecule has 2 aliphatic heterocycles. The van der Waals surface area contributed by atoms with E-state index < -0.39 is 103 Å². The van der Waals surface area contributed by atoms with E-state index in [-0.39, 0.29) is 31.9 Å². The number of hydrogen-bond donors (Lipinski definition) is 14. The molecule has 22 nitrogen and oxygen atoms in total. The first-order valence-electron chi connectivity index (χ1n) is 14.2. The third-order valence-electron chi connectivity index (χ3n) is 6.71. The van der Waals surface area contributed by atoms with Crippen LogP contribution in [0.2, 0.25) is 0 Å². The van der Waals surface area contributed by atoms with Crippen molar-refractivity contribution in [2.45, 2.75) is 55.5 Å². The van der Waals surface area contributed by atoms with Crippen molar-refractivity contribution in [1.29, 1.82) is 0 Å². The Kier molecular flexibility index (Phi) is 14.6. The van der Waals surface area contributed by atoms with Gasteiger partial charge in [0, 0.05) is 25.8 Å². The first-order valence-corrected chi connectivity index (χ1v) is 14.2. The number of carbonyl (C=O) groups excluding carboxylic acids is 7. The molecule has 3 unspecified atom stereocenters. The number of nitrogens with one attached hydrogen (secondary N) is 8. The Morgan fingerprint density at radius 2 is 1.72 bits per heavy atom. The maximum atomic E-state index is 13.4. The predicted molar refractivity (Wildman–Crippen MR) is 160 cm³/mol. The fourth-order valence-electron chi connectivity index (χ4n) is 4.14. The molecule has 0 radical (unpaired) electrons. The summed E-state index contributed by atoms with van der Waals surface area (Å²) in [6.45, 7) is -1.51. The zero-order valence-corrected chi connectivity index (χ0v) is 24.8. The minimum absolute atomic E-state index is 0.0144. The van der Waals surface area contributed by atoms with Crippen LogP contribution >= 0.6 is 0 Å². The number of primary amides is 1. The van der Waals surface area contributed by atoms with Crippen molar-refractivity contribution in [3.05, 3.63) is 11.9 Å². The first-order chi connectivity index (χ1) is 21.8. The molecule has 1 fully saturated rings. The third-order valence-corrected chi connectivity index (χ3v) is 6.71. The molecule has 0 aromatic rings. The Morgan fingerprint density at radius 1 is 1.02 bits per heavy atom. The molecule has 22 heteroatoms. The van der Waals surface area contributed by atoms with E-state index >= 15 is 0 Å². The van der Waals surface area contributed by atoms with Crippen molar-refractivity contribution in [3.63, 3.8) is 0 Å². The normalized spacial score (nSPS) is 26.6. The number of nitrogens with two attached hydrogens (primary N) is 5. The minimum atomic E-state index is -1.65. The molecule has 0 spiro atoms. The number of aliphatic imine (C=N–C) groups is 1. The standard InChI is InChI=1S/C24H42N14O8/c25-4-1-2-10(26)17(40)32-7-13-19(42)34-14(8-33-24(29)46)20(43)38-16(12-3-5-30-23(28)37-12)22(45)31-6-11(27)18(41)36-15(9-39)21(44)35-13/h8,10-13,15-16,39H,1-7,9,25-27H2,(H,31,45)(H,32,40)(H,34,42)(H,35,44)(H,36,41)(H,38,43)(H3,28,30,37)(H3,29,33,46)/b14-8-/t10-,11-,12?,13-,15?,16?/m0/s1. The fraction of sp³-hybridized carbons (Fsp3) is 0.583. The van der Waals surface area contributed by atoms with E-state index in [4.69, 9.17) is 28.7 Å². The lowest BCUT2D eigenvalue weighted by atomic mass is 10.0. The first kappa shape index (κ1) is 37.1. The molecule has 8 amide bonds. The van der Waals surface area contributed by atoms with E-state index in [2.05, 4.69) is 42.2 Å². The molecule has 0 aromatic heterocycles. The molecule has 1 saturated heterocycles. The van der Waals surface area contributed by atoms with Crippen LogP contribution in [0.5, 0.6) is 0 Å². The topological polar surface area (TPSA) is 378 Å². The summed E-state index contributed by atoms with van der Waals surface area (Å²) in [6, 6.07) is -9.04. The number of nitrogens with zero attached hydrogens (tertiary/aromatic N) is 1. The van der Waals surface area contributed by atoms with Gasteiger partial charge in [-0.1, -0.05) is 0 Å². The highest BCUT2D eigenvalue weighted by Crippen LogP contribution is 2.07. The highest BCUT2D eigenvalue weighted by Gasteiger charge is 2.35. The Balaban J connectivity index is 2.49. The fourth-order valence-corrected chi connectivity index (χ4v) is 4.14. The lowest BCUT2D eigenvalue weighted by Gasteiger charge is -2.31. The summed E-state index contributed by atoms with van der Waals surface area (Å²) in [6.07, 6.45) is 1.61. The Bertz CT molecular complexity index is 1230. The van der Waals surface area contributed by atoms with Crippen LogP contribution in [-0.2, 0) is 28.8 Å². The molecule has 0 aromatic carbocycles. The number of carbonyl (C=O) groups is 7. The molecule has 19 N–H and O–H groups in total. The quantitative estimate of drug-likeness (QED) is 0.103. The predicted octanol–water partition coefficient (Wildman–Crippen LogP) is -8.62. The van der Waals surface area contributed by atoms with Gasteiger partial charge in [0.25, 0.3) is 5.91 Å². The Labute approximate surface area is 262 Å². The van der Waals surface area contributed by atoms with E-state index in [1.54, 1.807) is 0 Å². The largest absolute Gasteiger partial charge is 0.394 e. The summed E-state index contributed by atoms with van der Waals surface area (Å²) < 4.78 is 0. The lowest BCUT2D eigenvalue weighted by molar-refractivity contribution is -0.134. The zero-order chi connectivity index (χ0) is 34.4. The van der Waals surface area contributed by atoms with Crippen LogP contribution in [0.15, 0.2) is 16.9 Å². The van der Waals surface area contributed by atoms with Crippen molar-refractivity contribution >= 4 is 47.4 Å². The van der Waals surface area contributed by atoms with E-state index in [1.807, 2.05) is 5.32 Å². The second-order valence-electron chi connectivity index (χ2n) is 10.3. The summed E-state index contributed by atoms with van der Waals surface area (Å²) >= 11 is 0. The van der Waals surface area contributed by atoms with Crippen LogP contribution in [0.25, 0.3) is 0 Å². The molecule has 2 aliphatic rings. The number of hydrogen-bond acceptors (Lipinski definition) is 14. The minimum Gasteiger partial charge on any atom is -0.394 e. The van der Waals surface area contributed by atoms with Gasteiger partial charge in [-0.15, -0.1) is 0 Å². The molecule has 0 saturated carbocycles. The summed E-state index contributed by atoms with van der Waals surface area (Å²) in [7, 11) is 0. The van der Waals surface area contributed by atoms with Gasteiger partial charge < -0.3 is 76.3 Å². The molecular weight excluding hydrogens is 612 g/mol.